The minimum absolute atomic E-state index is 0.00288. The molecular weight excluding hydrogens is 266 g/mol. The molecule has 0 radical (unpaired) electrons. The number of fused-ring (bicyclic) bond motifs is 1. The maximum absolute atomic E-state index is 12.3. The van der Waals surface area contributed by atoms with Crippen LogP contribution in [0.4, 0.5) is 0 Å². The van der Waals surface area contributed by atoms with E-state index in [1.54, 1.807) is 18.3 Å². The number of rotatable bonds is 5. The average molecular weight is 283 g/mol. The van der Waals surface area contributed by atoms with Gasteiger partial charge < -0.3 is 10.1 Å². The van der Waals surface area contributed by atoms with Crippen molar-refractivity contribution in [1.29, 1.82) is 0 Å². The van der Waals surface area contributed by atoms with Gasteiger partial charge in [-0.3, -0.25) is 0 Å². The van der Waals surface area contributed by atoms with Gasteiger partial charge in [-0.2, -0.15) is 0 Å². The normalized spacial score (nSPS) is 14.1. The fourth-order valence-electron chi connectivity index (χ4n) is 1.80. The Morgan fingerprint density at radius 2 is 2.21 bits per heavy atom. The lowest BCUT2D eigenvalue weighted by atomic mass is 10.1. The Hall–Kier alpha value is -1.44. The number of aliphatic hydroxyl groups excluding tert-OH is 1. The summed E-state index contributed by atoms with van der Waals surface area (Å²) in [4.78, 5) is 7.02. The monoisotopic (exact) mass is 283 g/mol. The second-order valence-electron chi connectivity index (χ2n) is 4.71. The summed E-state index contributed by atoms with van der Waals surface area (Å²) in [5.41, 5.74) is 0.521. The molecule has 0 spiro atoms. The van der Waals surface area contributed by atoms with Gasteiger partial charge in [-0.05, 0) is 18.1 Å². The van der Waals surface area contributed by atoms with E-state index in [0.29, 0.717) is 11.0 Å². The molecule has 0 amide bonds. The summed E-state index contributed by atoms with van der Waals surface area (Å²) in [7, 11) is -3.68. The van der Waals surface area contributed by atoms with Crippen LogP contribution >= 0.6 is 0 Å². The number of hydrogen-bond acceptors (Lipinski definition) is 4. The van der Waals surface area contributed by atoms with Crippen LogP contribution in [-0.4, -0.2) is 36.1 Å². The molecule has 3 N–H and O–H groups in total. The number of aromatic amines is 1. The van der Waals surface area contributed by atoms with Crippen molar-refractivity contribution in [2.45, 2.75) is 24.8 Å². The molecule has 1 unspecified atom stereocenters. The minimum Gasteiger partial charge on any atom is -0.395 e. The average Bonchev–Trinajstić information content (AvgIpc) is 2.80. The molecule has 2 rings (SSSR count). The number of aromatic nitrogens is 2. The van der Waals surface area contributed by atoms with Gasteiger partial charge in [0.1, 0.15) is 10.5 Å². The molecule has 2 heterocycles. The lowest BCUT2D eigenvalue weighted by molar-refractivity contribution is 0.228. The van der Waals surface area contributed by atoms with Crippen molar-refractivity contribution in [1.82, 2.24) is 14.7 Å². The maximum atomic E-state index is 12.3. The highest BCUT2D eigenvalue weighted by Crippen LogP contribution is 2.21. The topological polar surface area (TPSA) is 95.1 Å². The zero-order valence-corrected chi connectivity index (χ0v) is 11.6. The van der Waals surface area contributed by atoms with E-state index in [2.05, 4.69) is 14.7 Å². The fourth-order valence-corrected chi connectivity index (χ4v) is 3.34. The second kappa shape index (κ2) is 5.28. The van der Waals surface area contributed by atoms with E-state index in [9.17, 15) is 13.5 Å². The van der Waals surface area contributed by atoms with Crippen LogP contribution in [0.25, 0.3) is 11.0 Å². The number of pyridine rings is 1. The Bertz CT molecular complexity index is 664. The highest BCUT2D eigenvalue weighted by Gasteiger charge is 2.24. The highest BCUT2D eigenvalue weighted by atomic mass is 32.2. The molecule has 2 aromatic rings. The van der Waals surface area contributed by atoms with Crippen molar-refractivity contribution in [3.63, 3.8) is 0 Å². The van der Waals surface area contributed by atoms with Crippen molar-refractivity contribution in [3.8, 4) is 0 Å². The molecule has 0 aliphatic rings. The Morgan fingerprint density at radius 1 is 1.47 bits per heavy atom. The molecule has 0 bridgehead atoms. The van der Waals surface area contributed by atoms with E-state index in [1.165, 1.54) is 6.20 Å². The van der Waals surface area contributed by atoms with E-state index >= 15 is 0 Å². The Kier molecular flexibility index (Phi) is 3.88. The largest absolute Gasteiger partial charge is 0.395 e. The van der Waals surface area contributed by atoms with Gasteiger partial charge in [0, 0.05) is 23.8 Å². The Morgan fingerprint density at radius 3 is 2.84 bits per heavy atom. The summed E-state index contributed by atoms with van der Waals surface area (Å²) in [6, 6.07) is 2.87. The van der Waals surface area contributed by atoms with Gasteiger partial charge in [0.15, 0.2) is 0 Å². The number of aliphatic hydroxyl groups is 1. The van der Waals surface area contributed by atoms with Crippen molar-refractivity contribution in [2.75, 3.05) is 6.61 Å². The van der Waals surface area contributed by atoms with Crippen LogP contribution in [0.1, 0.15) is 13.8 Å². The molecule has 0 saturated carbocycles. The van der Waals surface area contributed by atoms with Crippen LogP contribution < -0.4 is 4.72 Å². The van der Waals surface area contributed by atoms with Crippen molar-refractivity contribution >= 4 is 21.1 Å². The zero-order chi connectivity index (χ0) is 14.0. The standard InChI is InChI=1S/C12H17N3O3S/c1-8(2)10(7-16)15-19(17,18)11-6-14-12-9(11)4-3-5-13-12/h3-6,8,10,15-16H,7H2,1-2H3,(H,13,14). The van der Waals surface area contributed by atoms with Crippen LogP contribution in [0, 0.1) is 5.92 Å². The van der Waals surface area contributed by atoms with Crippen molar-refractivity contribution in [2.24, 2.45) is 5.92 Å². The molecule has 104 valence electrons. The van der Waals surface area contributed by atoms with Gasteiger partial charge in [0.2, 0.25) is 10.0 Å². The SMILES string of the molecule is CC(C)C(CO)NS(=O)(=O)c1c[nH]c2ncccc12. The van der Waals surface area contributed by atoms with Gasteiger partial charge in [-0.1, -0.05) is 13.8 Å². The van der Waals surface area contributed by atoms with Gasteiger partial charge >= 0.3 is 0 Å². The van der Waals surface area contributed by atoms with Crippen LogP contribution in [-0.2, 0) is 10.0 Å². The quantitative estimate of drug-likeness (QED) is 0.758. The number of nitrogens with zero attached hydrogens (tertiary/aromatic N) is 1. The van der Waals surface area contributed by atoms with Crippen LogP contribution in [0.15, 0.2) is 29.4 Å². The third kappa shape index (κ3) is 2.78. The maximum Gasteiger partial charge on any atom is 0.243 e. The summed E-state index contributed by atoms with van der Waals surface area (Å²) in [6.45, 7) is 3.46. The molecule has 6 nitrogen and oxygen atoms in total. The molecule has 0 aromatic carbocycles. The first-order valence-corrected chi connectivity index (χ1v) is 7.49. The zero-order valence-electron chi connectivity index (χ0n) is 10.8. The van der Waals surface area contributed by atoms with Crippen LogP contribution in [0.2, 0.25) is 0 Å². The number of hydrogen-bond donors (Lipinski definition) is 3. The smallest absolute Gasteiger partial charge is 0.243 e. The Balaban J connectivity index is 2.39. The van der Waals surface area contributed by atoms with E-state index in [4.69, 9.17) is 0 Å². The predicted molar refractivity (Wildman–Crippen MR) is 72.1 cm³/mol. The lowest BCUT2D eigenvalue weighted by Crippen LogP contribution is -2.40. The lowest BCUT2D eigenvalue weighted by Gasteiger charge is -2.19. The first kappa shape index (κ1) is 14.0. The van der Waals surface area contributed by atoms with Gasteiger partial charge in [0.05, 0.1) is 6.61 Å². The first-order chi connectivity index (χ1) is 8.95. The number of nitrogens with one attached hydrogen (secondary N) is 2. The molecule has 19 heavy (non-hydrogen) atoms. The summed E-state index contributed by atoms with van der Waals surface area (Å²) in [5.74, 6) is 0.00288. The van der Waals surface area contributed by atoms with E-state index in [-0.39, 0.29) is 17.4 Å². The summed E-state index contributed by atoms with van der Waals surface area (Å²) in [6.07, 6.45) is 3.00. The summed E-state index contributed by atoms with van der Waals surface area (Å²) >= 11 is 0. The van der Waals surface area contributed by atoms with Gasteiger partial charge in [-0.15, -0.1) is 0 Å². The Labute approximate surface area is 111 Å². The molecule has 0 aliphatic carbocycles. The minimum atomic E-state index is -3.68. The highest BCUT2D eigenvalue weighted by molar-refractivity contribution is 7.89. The molecule has 7 heteroatoms. The van der Waals surface area contributed by atoms with Crippen LogP contribution in [0.3, 0.4) is 0 Å². The number of H-pyrrole nitrogens is 1. The summed E-state index contributed by atoms with van der Waals surface area (Å²) in [5, 5.41) is 9.76. The second-order valence-corrected chi connectivity index (χ2v) is 6.39. The van der Waals surface area contributed by atoms with E-state index in [1.807, 2.05) is 13.8 Å². The molecule has 2 aromatic heterocycles. The van der Waals surface area contributed by atoms with E-state index in [0.717, 1.165) is 0 Å². The van der Waals surface area contributed by atoms with E-state index < -0.39 is 16.1 Å². The molecule has 1 atom stereocenters. The fraction of sp³-hybridized carbons (Fsp3) is 0.417. The molecule has 0 saturated heterocycles. The summed E-state index contributed by atoms with van der Waals surface area (Å²) < 4.78 is 27.1. The first-order valence-electron chi connectivity index (χ1n) is 6.01. The van der Waals surface area contributed by atoms with Gasteiger partial charge in [-0.25, -0.2) is 18.1 Å². The van der Waals surface area contributed by atoms with Gasteiger partial charge in [0.25, 0.3) is 0 Å². The molecule has 0 aliphatic heterocycles. The van der Waals surface area contributed by atoms with Crippen LogP contribution in [0.5, 0.6) is 0 Å². The third-order valence-electron chi connectivity index (χ3n) is 3.01. The van der Waals surface area contributed by atoms with Crippen molar-refractivity contribution in [3.05, 3.63) is 24.5 Å². The number of sulfonamides is 1. The molecular formula is C12H17N3O3S. The van der Waals surface area contributed by atoms with Crippen molar-refractivity contribution < 1.29 is 13.5 Å². The predicted octanol–water partition coefficient (Wildman–Crippen LogP) is 0.858. The third-order valence-corrected chi connectivity index (χ3v) is 4.54. The molecule has 0 fully saturated rings.